The summed E-state index contributed by atoms with van der Waals surface area (Å²) in [5, 5.41) is 3.94. The number of anilines is 2. The van der Waals surface area contributed by atoms with Crippen LogP contribution in [0.25, 0.3) is 0 Å². The highest BCUT2D eigenvalue weighted by Crippen LogP contribution is 2.24. The van der Waals surface area contributed by atoms with Crippen LogP contribution in [0.15, 0.2) is 30.3 Å². The summed E-state index contributed by atoms with van der Waals surface area (Å²) in [6.07, 6.45) is 0.646. The maximum Gasteiger partial charge on any atom is 0.225 e. The molecule has 1 N–H and O–H groups in total. The third-order valence-electron chi connectivity index (χ3n) is 4.49. The third-order valence-corrected chi connectivity index (χ3v) is 6.49. The Bertz CT molecular complexity index is 871. The standard InChI is InChI=1S/C18H23ClN4O2S/c1-3-23(16-8-9-26(24,25)12-16)17-10-13(2)21-18(22-17)20-11-14-4-6-15(19)7-5-14/h4-7,10,16H,3,8-9,11-12H2,1-2H3,(H,20,21,22). The Morgan fingerprint density at radius 1 is 1.27 bits per heavy atom. The van der Waals surface area contributed by atoms with E-state index in [-0.39, 0.29) is 17.5 Å². The summed E-state index contributed by atoms with van der Waals surface area (Å²) in [7, 11) is -2.94. The van der Waals surface area contributed by atoms with Gasteiger partial charge in [0.15, 0.2) is 9.84 Å². The first kappa shape index (κ1) is 18.9. The number of halogens is 1. The molecule has 2 heterocycles. The van der Waals surface area contributed by atoms with E-state index in [0.29, 0.717) is 30.5 Å². The van der Waals surface area contributed by atoms with E-state index in [9.17, 15) is 8.42 Å². The molecule has 1 aromatic carbocycles. The van der Waals surface area contributed by atoms with Crippen LogP contribution in [0.3, 0.4) is 0 Å². The summed E-state index contributed by atoms with van der Waals surface area (Å²) in [4.78, 5) is 11.1. The maximum absolute atomic E-state index is 11.8. The van der Waals surface area contributed by atoms with E-state index in [1.165, 1.54) is 0 Å². The molecule has 0 bridgehead atoms. The van der Waals surface area contributed by atoms with Gasteiger partial charge >= 0.3 is 0 Å². The molecule has 1 saturated heterocycles. The lowest BCUT2D eigenvalue weighted by atomic mass is 10.2. The van der Waals surface area contributed by atoms with E-state index in [1.807, 2.05) is 44.2 Å². The van der Waals surface area contributed by atoms with Crippen molar-refractivity contribution in [3.63, 3.8) is 0 Å². The SMILES string of the molecule is CCN(c1cc(C)nc(NCc2ccc(Cl)cc2)n1)C1CCS(=O)(=O)C1. The summed E-state index contributed by atoms with van der Waals surface area (Å²) in [5.74, 6) is 1.74. The molecule has 1 atom stereocenters. The number of rotatable bonds is 6. The monoisotopic (exact) mass is 394 g/mol. The van der Waals surface area contributed by atoms with Crippen molar-refractivity contribution in [2.75, 3.05) is 28.3 Å². The lowest BCUT2D eigenvalue weighted by Crippen LogP contribution is -2.37. The molecular weight excluding hydrogens is 372 g/mol. The van der Waals surface area contributed by atoms with Crippen LogP contribution in [-0.2, 0) is 16.4 Å². The van der Waals surface area contributed by atoms with Crippen LogP contribution in [0.2, 0.25) is 5.02 Å². The second kappa shape index (κ2) is 7.80. The number of nitrogens with one attached hydrogen (secondary N) is 1. The van der Waals surface area contributed by atoms with Gasteiger partial charge in [0.25, 0.3) is 0 Å². The third kappa shape index (κ3) is 4.65. The first-order chi connectivity index (χ1) is 12.4. The van der Waals surface area contributed by atoms with Crippen LogP contribution in [0.5, 0.6) is 0 Å². The molecule has 6 nitrogen and oxygen atoms in total. The topological polar surface area (TPSA) is 75.2 Å². The van der Waals surface area contributed by atoms with Crippen molar-refractivity contribution in [2.24, 2.45) is 0 Å². The van der Waals surface area contributed by atoms with Gasteiger partial charge in [0.1, 0.15) is 5.82 Å². The van der Waals surface area contributed by atoms with Crippen LogP contribution in [0.1, 0.15) is 24.6 Å². The van der Waals surface area contributed by atoms with Gasteiger partial charge in [-0.2, -0.15) is 4.98 Å². The minimum atomic E-state index is -2.94. The fourth-order valence-electron chi connectivity index (χ4n) is 3.19. The molecule has 0 radical (unpaired) electrons. The molecule has 0 amide bonds. The quantitative estimate of drug-likeness (QED) is 0.811. The molecule has 8 heteroatoms. The van der Waals surface area contributed by atoms with Crippen molar-refractivity contribution in [1.82, 2.24) is 9.97 Å². The number of hydrogen-bond donors (Lipinski definition) is 1. The summed E-state index contributed by atoms with van der Waals surface area (Å²) in [6, 6.07) is 9.48. The van der Waals surface area contributed by atoms with Gasteiger partial charge in [-0.25, -0.2) is 13.4 Å². The number of aromatic nitrogens is 2. The predicted molar refractivity (Wildman–Crippen MR) is 106 cm³/mol. The molecule has 3 rings (SSSR count). The number of hydrogen-bond acceptors (Lipinski definition) is 6. The van der Waals surface area contributed by atoms with Crippen molar-refractivity contribution in [3.8, 4) is 0 Å². The highest BCUT2D eigenvalue weighted by molar-refractivity contribution is 7.91. The first-order valence-electron chi connectivity index (χ1n) is 8.67. The molecule has 2 aromatic rings. The second-order valence-electron chi connectivity index (χ2n) is 6.51. The minimum Gasteiger partial charge on any atom is -0.353 e. The zero-order valence-corrected chi connectivity index (χ0v) is 16.5. The zero-order valence-electron chi connectivity index (χ0n) is 14.9. The van der Waals surface area contributed by atoms with Gasteiger partial charge < -0.3 is 10.2 Å². The van der Waals surface area contributed by atoms with Gasteiger partial charge in [0, 0.05) is 35.9 Å². The minimum absolute atomic E-state index is 0.0246. The highest BCUT2D eigenvalue weighted by Gasteiger charge is 2.32. The van der Waals surface area contributed by atoms with Crippen LogP contribution in [0.4, 0.5) is 11.8 Å². The molecule has 1 aliphatic heterocycles. The number of sulfone groups is 1. The predicted octanol–water partition coefficient (Wildman–Crippen LogP) is 3.06. The fourth-order valence-corrected chi connectivity index (χ4v) is 5.05. The van der Waals surface area contributed by atoms with Gasteiger partial charge in [-0.3, -0.25) is 0 Å². The second-order valence-corrected chi connectivity index (χ2v) is 9.18. The molecule has 0 spiro atoms. The average Bonchev–Trinajstić information content (AvgIpc) is 2.94. The van der Waals surface area contributed by atoms with Gasteiger partial charge in [0.2, 0.25) is 5.95 Å². The fraction of sp³-hybridized carbons (Fsp3) is 0.444. The Kier molecular flexibility index (Phi) is 5.67. The number of nitrogens with zero attached hydrogens (tertiary/aromatic N) is 3. The van der Waals surface area contributed by atoms with Crippen molar-refractivity contribution in [1.29, 1.82) is 0 Å². The van der Waals surface area contributed by atoms with Crippen molar-refractivity contribution in [3.05, 3.63) is 46.6 Å². The van der Waals surface area contributed by atoms with Crippen molar-refractivity contribution in [2.45, 2.75) is 32.9 Å². The first-order valence-corrected chi connectivity index (χ1v) is 10.9. The Labute approximate surface area is 159 Å². The molecule has 0 aliphatic carbocycles. The van der Waals surface area contributed by atoms with E-state index in [4.69, 9.17) is 11.6 Å². The Hall–Kier alpha value is -1.86. The lowest BCUT2D eigenvalue weighted by Gasteiger charge is -2.28. The number of benzene rings is 1. The van der Waals surface area contributed by atoms with Crippen molar-refractivity contribution < 1.29 is 8.42 Å². The summed E-state index contributed by atoms with van der Waals surface area (Å²) < 4.78 is 23.7. The van der Waals surface area contributed by atoms with Gasteiger partial charge in [-0.15, -0.1) is 0 Å². The van der Waals surface area contributed by atoms with Gasteiger partial charge in [-0.05, 0) is 38.0 Å². The van der Waals surface area contributed by atoms with Gasteiger partial charge in [-0.1, -0.05) is 23.7 Å². The molecule has 1 fully saturated rings. The van der Waals surface area contributed by atoms with Crippen molar-refractivity contribution >= 4 is 33.2 Å². The zero-order chi connectivity index (χ0) is 18.7. The van der Waals surface area contributed by atoms with E-state index in [1.54, 1.807) is 0 Å². The van der Waals surface area contributed by atoms with Crippen LogP contribution < -0.4 is 10.2 Å². The summed E-state index contributed by atoms with van der Waals surface area (Å²) >= 11 is 5.91. The highest BCUT2D eigenvalue weighted by atomic mass is 35.5. The smallest absolute Gasteiger partial charge is 0.225 e. The molecule has 0 saturated carbocycles. The summed E-state index contributed by atoms with van der Waals surface area (Å²) in [5.41, 5.74) is 1.92. The summed E-state index contributed by atoms with van der Waals surface area (Å²) in [6.45, 7) is 5.22. The normalized spacial score (nSPS) is 18.7. The van der Waals surface area contributed by atoms with E-state index < -0.39 is 9.84 Å². The lowest BCUT2D eigenvalue weighted by molar-refractivity contribution is 0.599. The van der Waals surface area contributed by atoms with Gasteiger partial charge in [0.05, 0.1) is 11.5 Å². The maximum atomic E-state index is 11.8. The Morgan fingerprint density at radius 3 is 2.62 bits per heavy atom. The molecule has 1 aromatic heterocycles. The van der Waals surface area contributed by atoms with E-state index in [0.717, 1.165) is 17.1 Å². The van der Waals surface area contributed by atoms with E-state index in [2.05, 4.69) is 20.2 Å². The molecular formula is C18H23ClN4O2S. The van der Waals surface area contributed by atoms with Crippen LogP contribution >= 0.6 is 11.6 Å². The van der Waals surface area contributed by atoms with Crippen LogP contribution in [0, 0.1) is 6.92 Å². The molecule has 140 valence electrons. The molecule has 1 aliphatic rings. The van der Waals surface area contributed by atoms with Crippen LogP contribution in [-0.4, -0.2) is 42.5 Å². The Balaban J connectivity index is 1.76. The molecule has 1 unspecified atom stereocenters. The Morgan fingerprint density at radius 2 is 2.00 bits per heavy atom. The largest absolute Gasteiger partial charge is 0.353 e. The molecule has 26 heavy (non-hydrogen) atoms. The average molecular weight is 395 g/mol. The number of aryl methyl sites for hydroxylation is 1. The van der Waals surface area contributed by atoms with E-state index >= 15 is 0 Å².